The minimum Gasteiger partial charge on any atom is -0.474 e. The molecule has 1 saturated carbocycles. The number of nitrogens with zero attached hydrogens (tertiary/aromatic N) is 3. The van der Waals surface area contributed by atoms with Crippen LogP contribution in [0.5, 0.6) is 5.88 Å². The molecule has 0 radical (unpaired) electrons. The van der Waals surface area contributed by atoms with Crippen molar-refractivity contribution in [3.05, 3.63) is 54.0 Å². The molecule has 0 bridgehead atoms. The second-order valence-corrected chi connectivity index (χ2v) is 7.54. The molecule has 1 unspecified atom stereocenters. The first-order valence-corrected chi connectivity index (χ1v) is 9.97. The monoisotopic (exact) mass is 409 g/mol. The fourth-order valence-corrected chi connectivity index (χ4v) is 4.04. The Kier molecular flexibility index (Phi) is 5.60. The molecule has 1 saturated heterocycles. The van der Waals surface area contributed by atoms with Crippen LogP contribution in [-0.4, -0.2) is 50.9 Å². The van der Waals surface area contributed by atoms with Crippen molar-refractivity contribution in [1.82, 2.24) is 20.2 Å². The lowest BCUT2D eigenvalue weighted by Gasteiger charge is -2.33. The number of nitrogens with one attached hydrogen (secondary N) is 1. The summed E-state index contributed by atoms with van der Waals surface area (Å²) in [7, 11) is 0. The number of primary amides is 1. The standard InChI is InChI=1S/C21H23N5O4/c22-18(27)16-2-1-9-24-19(16)30-15-5-3-14(4-6-15)26-20(28)17(25-21(26)29)12-13-7-10-23-11-8-13/h1-2,7-11,14-15,17H,3-6,12H2,(H2,22,27)(H,25,29). The lowest BCUT2D eigenvalue weighted by atomic mass is 9.91. The van der Waals surface area contributed by atoms with Gasteiger partial charge in [0.2, 0.25) is 5.88 Å². The van der Waals surface area contributed by atoms with Crippen LogP contribution in [0.3, 0.4) is 0 Å². The summed E-state index contributed by atoms with van der Waals surface area (Å²) in [4.78, 5) is 46.3. The maximum atomic E-state index is 12.8. The van der Waals surface area contributed by atoms with Crippen LogP contribution in [0.1, 0.15) is 41.6 Å². The van der Waals surface area contributed by atoms with Crippen LogP contribution in [0, 0.1) is 0 Å². The summed E-state index contributed by atoms with van der Waals surface area (Å²) in [5, 5.41) is 2.79. The van der Waals surface area contributed by atoms with E-state index in [0.29, 0.717) is 32.1 Å². The maximum Gasteiger partial charge on any atom is 0.325 e. The number of rotatable bonds is 6. The second kappa shape index (κ2) is 8.48. The fraction of sp³-hybridized carbons (Fsp3) is 0.381. The summed E-state index contributed by atoms with van der Waals surface area (Å²) in [6.07, 6.45) is 7.72. The predicted octanol–water partition coefficient (Wildman–Crippen LogP) is 1.43. The van der Waals surface area contributed by atoms with E-state index in [1.165, 1.54) is 4.90 Å². The van der Waals surface area contributed by atoms with Crippen LogP contribution in [0.15, 0.2) is 42.9 Å². The molecule has 4 rings (SSSR count). The third-order valence-electron chi connectivity index (χ3n) is 5.57. The van der Waals surface area contributed by atoms with E-state index >= 15 is 0 Å². The molecule has 0 spiro atoms. The minimum atomic E-state index is -0.591. The number of amides is 4. The Morgan fingerprint density at radius 1 is 1.13 bits per heavy atom. The van der Waals surface area contributed by atoms with Crippen molar-refractivity contribution in [2.75, 3.05) is 0 Å². The molecule has 156 valence electrons. The van der Waals surface area contributed by atoms with Gasteiger partial charge in [-0.3, -0.25) is 19.5 Å². The van der Waals surface area contributed by atoms with Gasteiger partial charge in [-0.2, -0.15) is 0 Å². The number of hydrogen-bond acceptors (Lipinski definition) is 6. The largest absolute Gasteiger partial charge is 0.474 e. The molecule has 0 aromatic carbocycles. The van der Waals surface area contributed by atoms with E-state index in [-0.39, 0.29) is 35.5 Å². The van der Waals surface area contributed by atoms with Crippen molar-refractivity contribution >= 4 is 17.8 Å². The third-order valence-corrected chi connectivity index (χ3v) is 5.57. The van der Waals surface area contributed by atoms with E-state index < -0.39 is 11.9 Å². The minimum absolute atomic E-state index is 0.150. The van der Waals surface area contributed by atoms with Gasteiger partial charge in [-0.05, 0) is 55.5 Å². The highest BCUT2D eigenvalue weighted by molar-refractivity contribution is 6.04. The van der Waals surface area contributed by atoms with Gasteiger partial charge in [-0.1, -0.05) is 0 Å². The molecule has 1 aliphatic heterocycles. The zero-order valence-electron chi connectivity index (χ0n) is 16.4. The first kappa shape index (κ1) is 19.8. The smallest absolute Gasteiger partial charge is 0.325 e. The van der Waals surface area contributed by atoms with Crippen molar-refractivity contribution in [2.24, 2.45) is 5.73 Å². The average Bonchev–Trinajstić information content (AvgIpc) is 3.02. The van der Waals surface area contributed by atoms with Crippen molar-refractivity contribution < 1.29 is 19.1 Å². The van der Waals surface area contributed by atoms with Crippen LogP contribution in [-0.2, 0) is 11.2 Å². The van der Waals surface area contributed by atoms with E-state index in [9.17, 15) is 14.4 Å². The van der Waals surface area contributed by atoms with E-state index in [2.05, 4.69) is 15.3 Å². The van der Waals surface area contributed by atoms with E-state index in [0.717, 1.165) is 5.56 Å². The van der Waals surface area contributed by atoms with Gasteiger partial charge >= 0.3 is 6.03 Å². The van der Waals surface area contributed by atoms with Crippen LogP contribution in [0.2, 0.25) is 0 Å². The maximum absolute atomic E-state index is 12.8. The molecular formula is C21H23N5O4. The van der Waals surface area contributed by atoms with E-state index in [4.69, 9.17) is 10.5 Å². The Labute approximate surface area is 173 Å². The predicted molar refractivity (Wildman–Crippen MR) is 107 cm³/mol. The van der Waals surface area contributed by atoms with Crippen LogP contribution in [0.25, 0.3) is 0 Å². The number of carbonyl (C=O) groups excluding carboxylic acids is 3. The van der Waals surface area contributed by atoms with Gasteiger partial charge in [-0.15, -0.1) is 0 Å². The molecule has 9 nitrogen and oxygen atoms in total. The van der Waals surface area contributed by atoms with Gasteiger partial charge in [0.15, 0.2) is 0 Å². The molecule has 30 heavy (non-hydrogen) atoms. The lowest BCUT2D eigenvalue weighted by molar-refractivity contribution is -0.129. The Morgan fingerprint density at radius 2 is 1.87 bits per heavy atom. The first-order chi connectivity index (χ1) is 14.5. The number of urea groups is 1. The van der Waals surface area contributed by atoms with Gasteiger partial charge < -0.3 is 15.8 Å². The van der Waals surface area contributed by atoms with Crippen LogP contribution in [0.4, 0.5) is 4.79 Å². The molecule has 2 fully saturated rings. The lowest BCUT2D eigenvalue weighted by Crippen LogP contribution is -2.44. The number of ether oxygens (including phenoxy) is 1. The van der Waals surface area contributed by atoms with Crippen LogP contribution >= 0.6 is 0 Å². The molecule has 9 heteroatoms. The summed E-state index contributed by atoms with van der Waals surface area (Å²) in [6.45, 7) is 0. The van der Waals surface area contributed by atoms with Crippen molar-refractivity contribution in [2.45, 2.75) is 50.3 Å². The summed E-state index contributed by atoms with van der Waals surface area (Å²) >= 11 is 0. The molecule has 3 heterocycles. The number of nitrogens with two attached hydrogens (primary N) is 1. The topological polar surface area (TPSA) is 128 Å². The highest BCUT2D eigenvalue weighted by atomic mass is 16.5. The van der Waals surface area contributed by atoms with E-state index in [1.54, 1.807) is 30.7 Å². The molecule has 2 aliphatic rings. The molecule has 4 amide bonds. The Hall–Kier alpha value is -3.49. The van der Waals surface area contributed by atoms with Crippen molar-refractivity contribution in [3.8, 4) is 5.88 Å². The molecule has 1 atom stereocenters. The Balaban J connectivity index is 1.35. The number of carbonyl (C=O) groups is 3. The van der Waals surface area contributed by atoms with Gasteiger partial charge in [-0.25, -0.2) is 9.78 Å². The zero-order valence-corrected chi connectivity index (χ0v) is 16.4. The Bertz CT molecular complexity index is 943. The number of aromatic nitrogens is 2. The molecular weight excluding hydrogens is 386 g/mol. The number of imide groups is 1. The molecule has 2 aromatic heterocycles. The number of hydrogen-bond donors (Lipinski definition) is 2. The molecule has 2 aromatic rings. The molecule has 3 N–H and O–H groups in total. The SMILES string of the molecule is NC(=O)c1cccnc1OC1CCC(N2C(=O)NC(Cc3ccncc3)C2=O)CC1. The van der Waals surface area contributed by atoms with Gasteiger partial charge in [0.1, 0.15) is 17.7 Å². The van der Waals surface area contributed by atoms with Crippen molar-refractivity contribution in [1.29, 1.82) is 0 Å². The highest BCUT2D eigenvalue weighted by Gasteiger charge is 2.43. The summed E-state index contributed by atoms with van der Waals surface area (Å²) in [5.74, 6) is -0.561. The van der Waals surface area contributed by atoms with Crippen LogP contribution < -0.4 is 15.8 Å². The number of pyridine rings is 2. The normalized spacial score (nSPS) is 23.9. The van der Waals surface area contributed by atoms with Crippen molar-refractivity contribution in [3.63, 3.8) is 0 Å². The fourth-order valence-electron chi connectivity index (χ4n) is 4.04. The van der Waals surface area contributed by atoms with E-state index in [1.807, 2.05) is 12.1 Å². The van der Waals surface area contributed by atoms with Gasteiger partial charge in [0.05, 0.1) is 0 Å². The summed E-state index contributed by atoms with van der Waals surface area (Å²) in [6, 6.07) is 5.81. The quantitative estimate of drug-likeness (QED) is 0.695. The summed E-state index contributed by atoms with van der Waals surface area (Å²) < 4.78 is 5.89. The third kappa shape index (κ3) is 4.10. The average molecular weight is 409 g/mol. The summed E-state index contributed by atoms with van der Waals surface area (Å²) in [5.41, 5.74) is 6.56. The first-order valence-electron chi connectivity index (χ1n) is 9.97. The Morgan fingerprint density at radius 3 is 2.57 bits per heavy atom. The highest BCUT2D eigenvalue weighted by Crippen LogP contribution is 2.29. The zero-order chi connectivity index (χ0) is 21.1. The second-order valence-electron chi connectivity index (χ2n) is 7.54. The van der Waals surface area contributed by atoms with Gasteiger partial charge in [0.25, 0.3) is 11.8 Å². The van der Waals surface area contributed by atoms with Gasteiger partial charge in [0, 0.05) is 31.1 Å². The molecule has 1 aliphatic carbocycles.